The van der Waals surface area contributed by atoms with Crippen LogP contribution in [0.1, 0.15) is 11.1 Å². The third-order valence-corrected chi connectivity index (χ3v) is 3.91. The number of amides is 1. The first-order chi connectivity index (χ1) is 11.8. The molecular weight excluding hydrogens is 320 g/mol. The Bertz CT molecular complexity index is 797. The molecule has 1 aromatic heterocycles. The summed E-state index contributed by atoms with van der Waals surface area (Å²) in [5.41, 5.74) is 2.05. The van der Waals surface area contributed by atoms with Gasteiger partial charge in [-0.05, 0) is 29.3 Å². The summed E-state index contributed by atoms with van der Waals surface area (Å²) in [7, 11) is 0. The zero-order valence-electron chi connectivity index (χ0n) is 12.9. The molecule has 1 amide bonds. The van der Waals surface area contributed by atoms with E-state index < -0.39 is 0 Å². The summed E-state index contributed by atoms with van der Waals surface area (Å²) in [5.74, 6) is 0.595. The summed E-state index contributed by atoms with van der Waals surface area (Å²) >= 11 is 1.39. The van der Waals surface area contributed by atoms with Crippen molar-refractivity contribution in [1.29, 1.82) is 0 Å². The molecule has 0 atom stereocenters. The van der Waals surface area contributed by atoms with Gasteiger partial charge in [-0.2, -0.15) is 0 Å². The zero-order valence-corrected chi connectivity index (χ0v) is 13.7. The fourth-order valence-corrected chi connectivity index (χ4v) is 2.55. The van der Waals surface area contributed by atoms with E-state index >= 15 is 0 Å². The highest BCUT2D eigenvalue weighted by Gasteiger charge is 2.00. The number of carbonyl (C=O) groups is 1. The van der Waals surface area contributed by atoms with Crippen molar-refractivity contribution in [3.05, 3.63) is 83.4 Å². The standard InChI is InChI=1S/C19H16N2O2S/c22-18(21-19-20-12-13-24-19)11-8-15-6-9-17(10-7-15)23-14-16-4-2-1-3-5-16/h1-13H,14H2,(H,20,21,22)/b11-8+. The number of carbonyl (C=O) groups excluding carboxylic acids is 1. The van der Waals surface area contributed by atoms with Crippen LogP contribution in [0.15, 0.2) is 72.3 Å². The lowest BCUT2D eigenvalue weighted by molar-refractivity contribution is -0.111. The number of nitrogens with zero attached hydrogens (tertiary/aromatic N) is 1. The molecule has 5 heteroatoms. The monoisotopic (exact) mass is 336 g/mol. The minimum absolute atomic E-state index is 0.200. The Morgan fingerprint density at radius 1 is 1.12 bits per heavy atom. The molecule has 0 aliphatic rings. The van der Waals surface area contributed by atoms with Crippen molar-refractivity contribution in [3.63, 3.8) is 0 Å². The quantitative estimate of drug-likeness (QED) is 0.680. The molecule has 3 aromatic rings. The number of rotatable bonds is 6. The van der Waals surface area contributed by atoms with Crippen molar-refractivity contribution in [2.24, 2.45) is 0 Å². The van der Waals surface area contributed by atoms with Gasteiger partial charge in [0.05, 0.1) is 0 Å². The van der Waals surface area contributed by atoms with Crippen LogP contribution in [-0.2, 0) is 11.4 Å². The Hall–Kier alpha value is -2.92. The van der Waals surface area contributed by atoms with E-state index in [1.807, 2.05) is 60.0 Å². The van der Waals surface area contributed by atoms with Gasteiger partial charge in [-0.25, -0.2) is 4.98 Å². The summed E-state index contributed by atoms with van der Waals surface area (Å²) in [4.78, 5) is 15.8. The SMILES string of the molecule is O=C(/C=C/c1ccc(OCc2ccccc2)cc1)Nc1nccs1. The molecule has 0 radical (unpaired) electrons. The second kappa shape index (κ2) is 8.08. The third kappa shape index (κ3) is 4.79. The van der Waals surface area contributed by atoms with Gasteiger partial charge in [0, 0.05) is 17.7 Å². The summed E-state index contributed by atoms with van der Waals surface area (Å²) < 4.78 is 5.73. The van der Waals surface area contributed by atoms with E-state index in [9.17, 15) is 4.79 Å². The van der Waals surface area contributed by atoms with Crippen molar-refractivity contribution in [2.75, 3.05) is 5.32 Å². The first kappa shape index (κ1) is 16.0. The lowest BCUT2D eigenvalue weighted by atomic mass is 10.2. The minimum Gasteiger partial charge on any atom is -0.489 e. The molecule has 2 aromatic carbocycles. The molecular formula is C19H16N2O2S. The lowest BCUT2D eigenvalue weighted by Gasteiger charge is -2.06. The highest BCUT2D eigenvalue weighted by Crippen LogP contribution is 2.15. The third-order valence-electron chi connectivity index (χ3n) is 3.22. The summed E-state index contributed by atoms with van der Waals surface area (Å²) in [6.07, 6.45) is 4.89. The molecule has 0 fully saturated rings. The average Bonchev–Trinajstić information content (AvgIpc) is 3.13. The average molecular weight is 336 g/mol. The topological polar surface area (TPSA) is 51.2 Å². The fourth-order valence-electron chi connectivity index (χ4n) is 2.02. The van der Waals surface area contributed by atoms with Crippen LogP contribution in [0, 0.1) is 0 Å². The van der Waals surface area contributed by atoms with Gasteiger partial charge >= 0.3 is 0 Å². The number of hydrogen-bond acceptors (Lipinski definition) is 4. The Morgan fingerprint density at radius 2 is 1.92 bits per heavy atom. The molecule has 0 aliphatic heterocycles. The Kier molecular flexibility index (Phi) is 5.37. The normalized spacial score (nSPS) is 10.7. The van der Waals surface area contributed by atoms with Crippen LogP contribution in [0.25, 0.3) is 6.08 Å². The smallest absolute Gasteiger partial charge is 0.250 e. The molecule has 0 spiro atoms. The second-order valence-electron chi connectivity index (χ2n) is 5.00. The van der Waals surface area contributed by atoms with E-state index in [0.29, 0.717) is 11.7 Å². The number of anilines is 1. The second-order valence-corrected chi connectivity index (χ2v) is 5.90. The maximum Gasteiger partial charge on any atom is 0.250 e. The van der Waals surface area contributed by atoms with Crippen molar-refractivity contribution in [2.45, 2.75) is 6.61 Å². The van der Waals surface area contributed by atoms with Crippen LogP contribution in [0.3, 0.4) is 0 Å². The van der Waals surface area contributed by atoms with Crippen molar-refractivity contribution in [3.8, 4) is 5.75 Å². The summed E-state index contributed by atoms with van der Waals surface area (Å²) in [6.45, 7) is 0.534. The lowest BCUT2D eigenvalue weighted by Crippen LogP contribution is -2.06. The molecule has 0 aliphatic carbocycles. The molecule has 0 saturated carbocycles. The van der Waals surface area contributed by atoms with Gasteiger partial charge in [-0.3, -0.25) is 10.1 Å². The molecule has 0 saturated heterocycles. The van der Waals surface area contributed by atoms with Crippen LogP contribution >= 0.6 is 11.3 Å². The number of hydrogen-bond donors (Lipinski definition) is 1. The van der Waals surface area contributed by atoms with E-state index in [1.165, 1.54) is 17.4 Å². The van der Waals surface area contributed by atoms with Gasteiger partial charge < -0.3 is 4.74 Å². The van der Waals surface area contributed by atoms with E-state index in [-0.39, 0.29) is 5.91 Å². The number of benzene rings is 2. The highest BCUT2D eigenvalue weighted by molar-refractivity contribution is 7.13. The van der Waals surface area contributed by atoms with Gasteiger partial charge in [0.25, 0.3) is 0 Å². The van der Waals surface area contributed by atoms with Crippen LogP contribution < -0.4 is 10.1 Å². The number of thiazole rings is 1. The molecule has 0 bridgehead atoms. The predicted molar refractivity (Wildman–Crippen MR) is 97.0 cm³/mol. The first-order valence-corrected chi connectivity index (χ1v) is 8.33. The van der Waals surface area contributed by atoms with Crippen molar-refractivity contribution >= 4 is 28.5 Å². The zero-order chi connectivity index (χ0) is 16.6. The van der Waals surface area contributed by atoms with Gasteiger partial charge in [0.2, 0.25) is 5.91 Å². The van der Waals surface area contributed by atoms with Crippen LogP contribution in [0.4, 0.5) is 5.13 Å². The van der Waals surface area contributed by atoms with E-state index in [0.717, 1.165) is 16.9 Å². The Labute approximate surface area is 144 Å². The number of nitrogens with one attached hydrogen (secondary N) is 1. The first-order valence-electron chi connectivity index (χ1n) is 7.45. The Morgan fingerprint density at radius 3 is 2.62 bits per heavy atom. The van der Waals surface area contributed by atoms with E-state index in [1.54, 1.807) is 12.3 Å². The van der Waals surface area contributed by atoms with E-state index in [2.05, 4.69) is 10.3 Å². The molecule has 1 N–H and O–H groups in total. The molecule has 0 unspecified atom stereocenters. The minimum atomic E-state index is -0.200. The Balaban J connectivity index is 1.52. The molecule has 120 valence electrons. The predicted octanol–water partition coefficient (Wildman–Crippen LogP) is 4.37. The molecule has 1 heterocycles. The van der Waals surface area contributed by atoms with Gasteiger partial charge in [-0.1, -0.05) is 42.5 Å². The van der Waals surface area contributed by atoms with Crippen LogP contribution in [-0.4, -0.2) is 10.9 Å². The van der Waals surface area contributed by atoms with Crippen LogP contribution in [0.2, 0.25) is 0 Å². The number of aromatic nitrogens is 1. The molecule has 4 nitrogen and oxygen atoms in total. The maximum absolute atomic E-state index is 11.8. The van der Waals surface area contributed by atoms with Crippen molar-refractivity contribution < 1.29 is 9.53 Å². The highest BCUT2D eigenvalue weighted by atomic mass is 32.1. The number of ether oxygens (including phenoxy) is 1. The van der Waals surface area contributed by atoms with Gasteiger partial charge in [0.15, 0.2) is 5.13 Å². The fraction of sp³-hybridized carbons (Fsp3) is 0.0526. The molecule has 3 rings (SSSR count). The van der Waals surface area contributed by atoms with Gasteiger partial charge in [0.1, 0.15) is 12.4 Å². The van der Waals surface area contributed by atoms with Crippen molar-refractivity contribution in [1.82, 2.24) is 4.98 Å². The largest absolute Gasteiger partial charge is 0.489 e. The summed E-state index contributed by atoms with van der Waals surface area (Å²) in [5, 5.41) is 5.10. The summed E-state index contributed by atoms with van der Waals surface area (Å²) in [6, 6.07) is 17.6. The van der Waals surface area contributed by atoms with Gasteiger partial charge in [-0.15, -0.1) is 11.3 Å². The molecule has 24 heavy (non-hydrogen) atoms. The van der Waals surface area contributed by atoms with E-state index in [4.69, 9.17) is 4.74 Å². The maximum atomic E-state index is 11.8. The van der Waals surface area contributed by atoms with Crippen LogP contribution in [0.5, 0.6) is 5.75 Å².